The zero-order valence-electron chi connectivity index (χ0n) is 23.3. The van der Waals surface area contributed by atoms with E-state index in [1.165, 1.54) is 18.2 Å². The van der Waals surface area contributed by atoms with Gasteiger partial charge < -0.3 is 24.6 Å². The molecule has 226 valence electrons. The first-order valence-corrected chi connectivity index (χ1v) is 14.6. The van der Waals surface area contributed by atoms with Crippen LogP contribution in [0.25, 0.3) is 32.9 Å². The third-order valence-corrected chi connectivity index (χ3v) is 9.17. The first kappa shape index (κ1) is 28.2. The summed E-state index contributed by atoms with van der Waals surface area (Å²) in [5.41, 5.74) is -0.865. The van der Waals surface area contributed by atoms with E-state index in [2.05, 4.69) is 19.9 Å². The lowest BCUT2D eigenvalue weighted by Crippen LogP contribution is -2.43. The number of nitrogens with zero attached hydrogens (tertiary/aromatic N) is 5. The van der Waals surface area contributed by atoms with Gasteiger partial charge in [-0.2, -0.15) is 9.97 Å². The first-order valence-electron chi connectivity index (χ1n) is 14.2. The number of hydrogen-bond donors (Lipinski definition) is 2. The van der Waals surface area contributed by atoms with Crippen molar-refractivity contribution >= 4 is 39.1 Å². The average Bonchev–Trinajstić information content (AvgIpc) is 3.47. The summed E-state index contributed by atoms with van der Waals surface area (Å²) in [6.45, 7) is 3.22. The highest BCUT2D eigenvalue weighted by molar-refractivity contribution is 6.37. The molecular formula is C30H29ClF3N5O4. The van der Waals surface area contributed by atoms with Crippen LogP contribution in [0.5, 0.6) is 17.6 Å². The van der Waals surface area contributed by atoms with Gasteiger partial charge in [-0.1, -0.05) is 17.7 Å². The van der Waals surface area contributed by atoms with Gasteiger partial charge in [-0.15, -0.1) is 0 Å². The average molecular weight is 616 g/mol. The quantitative estimate of drug-likeness (QED) is 0.310. The Kier molecular flexibility index (Phi) is 6.90. The molecule has 5 heterocycles. The number of halogens is 4. The van der Waals surface area contributed by atoms with Crippen LogP contribution >= 0.6 is 11.6 Å². The molecule has 3 atom stereocenters. The Hall–Kier alpha value is -3.61. The number of aliphatic hydroxyl groups is 1. The number of rotatable bonds is 6. The number of alkyl halides is 1. The Morgan fingerprint density at radius 2 is 2.02 bits per heavy atom. The molecule has 2 fully saturated rings. The summed E-state index contributed by atoms with van der Waals surface area (Å²) in [6, 6.07) is 4.84. The molecule has 3 aliphatic heterocycles. The summed E-state index contributed by atoms with van der Waals surface area (Å²) in [5, 5.41) is 20.8. The van der Waals surface area contributed by atoms with Crippen LogP contribution < -0.4 is 14.4 Å². The monoisotopic (exact) mass is 615 g/mol. The number of ether oxygens (including phenoxy) is 2. The molecule has 2 aromatic heterocycles. The number of phenolic OH excluding ortho intramolecular Hbond substituents is 1. The lowest BCUT2D eigenvalue weighted by atomic mass is 9.95. The van der Waals surface area contributed by atoms with Crippen LogP contribution in [0.2, 0.25) is 5.02 Å². The summed E-state index contributed by atoms with van der Waals surface area (Å²) in [7, 11) is 0. The van der Waals surface area contributed by atoms with Gasteiger partial charge in [0, 0.05) is 30.5 Å². The van der Waals surface area contributed by atoms with Crippen LogP contribution in [0, 0.1) is 11.6 Å². The molecule has 9 nitrogen and oxygen atoms in total. The Balaban J connectivity index is 1.43. The van der Waals surface area contributed by atoms with Gasteiger partial charge in [-0.05, 0) is 49.9 Å². The summed E-state index contributed by atoms with van der Waals surface area (Å²) < 4.78 is 57.8. The van der Waals surface area contributed by atoms with Crippen molar-refractivity contribution in [3.8, 4) is 28.9 Å². The second-order valence-corrected chi connectivity index (χ2v) is 11.9. The van der Waals surface area contributed by atoms with Crippen molar-refractivity contribution in [3.63, 3.8) is 0 Å². The maximum absolute atomic E-state index is 16.7. The molecule has 7 rings (SSSR count). The highest BCUT2D eigenvalue weighted by Crippen LogP contribution is 2.45. The van der Waals surface area contributed by atoms with E-state index in [4.69, 9.17) is 21.1 Å². The lowest BCUT2D eigenvalue weighted by Gasteiger charge is -2.31. The van der Waals surface area contributed by atoms with Crippen LogP contribution in [-0.2, 0) is 0 Å². The molecule has 4 aromatic rings. The molecule has 2 saturated heterocycles. The molecule has 2 aromatic carbocycles. The predicted molar refractivity (Wildman–Crippen MR) is 155 cm³/mol. The molecule has 13 heteroatoms. The van der Waals surface area contributed by atoms with Gasteiger partial charge >= 0.3 is 6.01 Å². The number of pyridine rings is 1. The number of benzene rings is 2. The van der Waals surface area contributed by atoms with E-state index in [0.717, 1.165) is 25.5 Å². The SMILES string of the molecule is C[C@H]1COc2nc(-c3cc(O)cc4ccc(F)c(Cl)c34)c(F)c3nc(OC[C@@]45CCCN4C[C@H](F)C5)nc(c23)N1CCO. The molecule has 2 N–H and O–H groups in total. The molecule has 0 unspecified atom stereocenters. The van der Waals surface area contributed by atoms with Gasteiger partial charge in [0.2, 0.25) is 5.88 Å². The van der Waals surface area contributed by atoms with Crippen molar-refractivity contribution in [1.29, 1.82) is 0 Å². The third kappa shape index (κ3) is 4.58. The van der Waals surface area contributed by atoms with Crippen molar-refractivity contribution in [2.45, 2.75) is 43.9 Å². The predicted octanol–water partition coefficient (Wildman–Crippen LogP) is 5.02. The van der Waals surface area contributed by atoms with Gasteiger partial charge in [0.1, 0.15) is 53.4 Å². The number of aliphatic hydroxyl groups excluding tert-OH is 1. The van der Waals surface area contributed by atoms with E-state index in [0.29, 0.717) is 18.4 Å². The third-order valence-electron chi connectivity index (χ3n) is 8.80. The molecule has 3 aliphatic rings. The lowest BCUT2D eigenvalue weighted by molar-refractivity contribution is 0.107. The van der Waals surface area contributed by atoms with E-state index in [1.807, 2.05) is 6.92 Å². The first-order chi connectivity index (χ1) is 20.7. The number of β-amino-alcohol motifs (C(OH)–C–C–N with tert-alkyl or cyclic N) is 1. The smallest absolute Gasteiger partial charge is 0.319 e. The minimum Gasteiger partial charge on any atom is -0.508 e. The Morgan fingerprint density at radius 3 is 2.84 bits per heavy atom. The molecular weight excluding hydrogens is 587 g/mol. The Labute approximate surface area is 249 Å². The van der Waals surface area contributed by atoms with E-state index in [-0.39, 0.29) is 88.4 Å². The van der Waals surface area contributed by atoms with Crippen LogP contribution in [-0.4, -0.2) is 87.3 Å². The number of hydrogen-bond acceptors (Lipinski definition) is 9. The van der Waals surface area contributed by atoms with Crippen LogP contribution in [0.4, 0.5) is 19.0 Å². The summed E-state index contributed by atoms with van der Waals surface area (Å²) in [4.78, 5) is 17.5. The van der Waals surface area contributed by atoms with Gasteiger partial charge in [0.05, 0.1) is 23.2 Å². The van der Waals surface area contributed by atoms with E-state index in [9.17, 15) is 19.0 Å². The molecule has 0 spiro atoms. The van der Waals surface area contributed by atoms with Crippen molar-refractivity contribution in [3.05, 3.63) is 40.9 Å². The Morgan fingerprint density at radius 1 is 1.19 bits per heavy atom. The number of phenols is 1. The second-order valence-electron chi connectivity index (χ2n) is 11.5. The fourth-order valence-electron chi connectivity index (χ4n) is 6.81. The van der Waals surface area contributed by atoms with Crippen molar-refractivity contribution in [1.82, 2.24) is 19.9 Å². The van der Waals surface area contributed by atoms with Gasteiger partial charge in [-0.25, -0.2) is 18.2 Å². The fraction of sp³-hybridized carbons (Fsp3) is 0.433. The van der Waals surface area contributed by atoms with E-state index >= 15 is 4.39 Å². The Bertz CT molecular complexity index is 1760. The molecule has 0 amide bonds. The number of aromatic nitrogens is 3. The normalized spacial score (nSPS) is 23.5. The maximum atomic E-state index is 16.7. The van der Waals surface area contributed by atoms with Crippen molar-refractivity contribution in [2.24, 2.45) is 0 Å². The zero-order chi connectivity index (χ0) is 30.0. The minimum absolute atomic E-state index is 0.0286. The van der Waals surface area contributed by atoms with Crippen LogP contribution in [0.3, 0.4) is 0 Å². The van der Waals surface area contributed by atoms with Crippen molar-refractivity contribution in [2.75, 3.05) is 44.4 Å². The van der Waals surface area contributed by atoms with Gasteiger partial charge in [0.25, 0.3) is 0 Å². The second kappa shape index (κ2) is 10.5. The topological polar surface area (TPSA) is 104 Å². The fourth-order valence-corrected chi connectivity index (χ4v) is 7.08. The molecule has 0 bridgehead atoms. The molecule has 0 radical (unpaired) electrons. The van der Waals surface area contributed by atoms with Gasteiger partial charge in [0.15, 0.2) is 5.82 Å². The molecule has 0 aliphatic carbocycles. The standard InChI is InChI=1S/C30H29ClF3N5O4/c1-15-13-42-28-22-26(24(34)25(35-28)19-10-18(41)9-16-3-4-20(33)23(31)21(16)19)36-29(37-27(22)39(15)7-8-40)43-14-30-5-2-6-38(30)12-17(32)11-30/h3-4,9-10,15,17,40-41H,2,5-8,11-14H2,1H3/t15-,17+,30-/m0/s1. The zero-order valence-corrected chi connectivity index (χ0v) is 24.0. The minimum atomic E-state index is -0.952. The number of anilines is 1. The van der Waals surface area contributed by atoms with Crippen LogP contribution in [0.15, 0.2) is 24.3 Å². The summed E-state index contributed by atoms with van der Waals surface area (Å²) >= 11 is 6.35. The van der Waals surface area contributed by atoms with Crippen molar-refractivity contribution < 1.29 is 32.9 Å². The van der Waals surface area contributed by atoms with Crippen LogP contribution in [0.1, 0.15) is 26.2 Å². The number of fused-ring (bicyclic) bond motifs is 2. The number of aromatic hydroxyl groups is 1. The molecule has 0 saturated carbocycles. The van der Waals surface area contributed by atoms with E-state index < -0.39 is 23.3 Å². The van der Waals surface area contributed by atoms with E-state index in [1.54, 1.807) is 4.90 Å². The highest BCUT2D eigenvalue weighted by atomic mass is 35.5. The summed E-state index contributed by atoms with van der Waals surface area (Å²) in [6.07, 6.45) is 1.08. The maximum Gasteiger partial charge on any atom is 0.319 e. The highest BCUT2D eigenvalue weighted by Gasteiger charge is 2.49. The largest absolute Gasteiger partial charge is 0.508 e. The molecule has 43 heavy (non-hydrogen) atoms. The summed E-state index contributed by atoms with van der Waals surface area (Å²) in [5.74, 6) is -1.50. The van der Waals surface area contributed by atoms with Gasteiger partial charge in [-0.3, -0.25) is 4.90 Å².